The van der Waals surface area contributed by atoms with Gasteiger partial charge in [-0.05, 0) is 72.7 Å². The molecule has 1 aliphatic rings. The number of carbonyl (C=O) groups excluding carboxylic acids is 1. The predicted octanol–water partition coefficient (Wildman–Crippen LogP) is 6.78. The van der Waals surface area contributed by atoms with Gasteiger partial charge in [-0.15, -0.1) is 0 Å². The van der Waals surface area contributed by atoms with Crippen LogP contribution in [0.2, 0.25) is 10.0 Å². The molecule has 6 rings (SSSR count). The molecule has 1 amide bonds. The minimum Gasteiger partial charge on any atom is -0.497 e. The van der Waals surface area contributed by atoms with Crippen molar-refractivity contribution in [3.63, 3.8) is 0 Å². The number of carbonyl (C=O) groups is 1. The van der Waals surface area contributed by atoms with E-state index in [0.717, 1.165) is 16.7 Å². The van der Waals surface area contributed by atoms with E-state index >= 15 is 0 Å². The van der Waals surface area contributed by atoms with Crippen LogP contribution in [-0.2, 0) is 11.4 Å². The molecule has 5 aromatic rings. The molecule has 1 atom stereocenters. The molecule has 0 bridgehead atoms. The highest BCUT2D eigenvalue weighted by molar-refractivity contribution is 7.07. The lowest BCUT2D eigenvalue weighted by Gasteiger charge is -2.25. The first-order chi connectivity index (χ1) is 22.7. The maximum atomic E-state index is 14.1. The van der Waals surface area contributed by atoms with Crippen LogP contribution in [0.5, 0.6) is 17.2 Å². The van der Waals surface area contributed by atoms with Crippen LogP contribution in [-0.4, -0.2) is 24.7 Å². The number of hydrogen-bond acceptors (Lipinski definition) is 7. The second-order valence-electron chi connectivity index (χ2n) is 10.6. The molecular weight excluding hydrogens is 657 g/mol. The van der Waals surface area contributed by atoms with E-state index in [4.69, 9.17) is 42.4 Å². The summed E-state index contributed by atoms with van der Waals surface area (Å²) < 4.78 is 19.0. The fraction of sp³-hybridized carbons (Fsp3) is 0.139. The Morgan fingerprint density at radius 3 is 2.43 bits per heavy atom. The average Bonchev–Trinajstić information content (AvgIpc) is 3.38. The number of allylic oxidation sites excluding steroid dienone is 1. The molecule has 11 heteroatoms. The number of hydrogen-bond donors (Lipinski definition) is 1. The van der Waals surface area contributed by atoms with Crippen LogP contribution in [0, 0.1) is 0 Å². The fourth-order valence-electron chi connectivity index (χ4n) is 5.27. The maximum absolute atomic E-state index is 14.1. The van der Waals surface area contributed by atoms with Crippen molar-refractivity contribution < 1.29 is 19.0 Å². The van der Waals surface area contributed by atoms with Gasteiger partial charge >= 0.3 is 0 Å². The van der Waals surface area contributed by atoms with Crippen LogP contribution in [0.4, 0.5) is 5.69 Å². The minimum atomic E-state index is -0.715. The van der Waals surface area contributed by atoms with Crippen molar-refractivity contribution in [1.29, 1.82) is 0 Å². The molecule has 47 heavy (non-hydrogen) atoms. The Kier molecular flexibility index (Phi) is 9.49. The van der Waals surface area contributed by atoms with Crippen molar-refractivity contribution in [2.75, 3.05) is 19.5 Å². The second-order valence-corrected chi connectivity index (χ2v) is 12.5. The maximum Gasteiger partial charge on any atom is 0.271 e. The van der Waals surface area contributed by atoms with Gasteiger partial charge in [0, 0.05) is 21.3 Å². The first-order valence-corrected chi connectivity index (χ1v) is 16.1. The molecule has 0 fully saturated rings. The Labute approximate surface area is 284 Å². The van der Waals surface area contributed by atoms with Crippen molar-refractivity contribution in [1.82, 2.24) is 4.57 Å². The van der Waals surface area contributed by atoms with E-state index in [2.05, 4.69) is 5.32 Å². The molecule has 0 saturated heterocycles. The SMILES string of the molecule is COc1ccc([C@H]2C(C(=O)Nc3ccccc3)=C(C)N=c3s/c(=C/c4ccc(OCc5ccc(Cl)cc5Cl)c(OC)c4)c(=O)n32)cc1. The first kappa shape index (κ1) is 32.1. The molecule has 0 radical (unpaired) electrons. The topological polar surface area (TPSA) is 91.2 Å². The van der Waals surface area contributed by atoms with Gasteiger partial charge in [0.25, 0.3) is 11.5 Å². The number of fused-ring (bicyclic) bond motifs is 1. The number of rotatable bonds is 9. The van der Waals surface area contributed by atoms with Crippen LogP contribution in [0.1, 0.15) is 29.7 Å². The summed E-state index contributed by atoms with van der Waals surface area (Å²) in [5, 5.41) is 4.02. The largest absolute Gasteiger partial charge is 0.497 e. The molecule has 8 nitrogen and oxygen atoms in total. The second kappa shape index (κ2) is 13.9. The van der Waals surface area contributed by atoms with Gasteiger partial charge in [-0.3, -0.25) is 14.2 Å². The van der Waals surface area contributed by atoms with E-state index in [1.54, 1.807) is 56.1 Å². The zero-order valence-corrected chi connectivity index (χ0v) is 28.0. The fourth-order valence-corrected chi connectivity index (χ4v) is 6.78. The van der Waals surface area contributed by atoms with Gasteiger partial charge < -0.3 is 19.5 Å². The van der Waals surface area contributed by atoms with Crippen molar-refractivity contribution >= 4 is 52.2 Å². The van der Waals surface area contributed by atoms with Crippen molar-refractivity contribution in [2.45, 2.75) is 19.6 Å². The molecule has 1 aromatic heterocycles. The number of ether oxygens (including phenoxy) is 3. The number of amides is 1. The summed E-state index contributed by atoms with van der Waals surface area (Å²) in [6, 6.07) is 26.4. The lowest BCUT2D eigenvalue weighted by atomic mass is 9.95. The number of benzene rings is 4. The summed E-state index contributed by atoms with van der Waals surface area (Å²) >= 11 is 13.6. The third kappa shape index (κ3) is 6.83. The number of nitrogens with one attached hydrogen (secondary N) is 1. The molecule has 0 spiro atoms. The van der Waals surface area contributed by atoms with Crippen LogP contribution in [0.25, 0.3) is 6.08 Å². The van der Waals surface area contributed by atoms with Gasteiger partial charge in [0.15, 0.2) is 16.3 Å². The van der Waals surface area contributed by atoms with E-state index in [0.29, 0.717) is 53.6 Å². The average molecular weight is 687 g/mol. The monoisotopic (exact) mass is 685 g/mol. The summed E-state index contributed by atoms with van der Waals surface area (Å²) in [7, 11) is 3.14. The summed E-state index contributed by atoms with van der Waals surface area (Å²) in [5.41, 5.74) is 3.52. The number of para-hydroxylation sites is 1. The van der Waals surface area contributed by atoms with Crippen molar-refractivity contribution in [2.24, 2.45) is 4.99 Å². The van der Waals surface area contributed by atoms with E-state index in [1.807, 2.05) is 66.7 Å². The highest BCUT2D eigenvalue weighted by Crippen LogP contribution is 2.33. The molecule has 1 aliphatic heterocycles. The third-order valence-electron chi connectivity index (χ3n) is 7.61. The van der Waals surface area contributed by atoms with E-state index in [9.17, 15) is 9.59 Å². The number of anilines is 1. The zero-order chi connectivity index (χ0) is 33.1. The number of aromatic nitrogens is 1. The van der Waals surface area contributed by atoms with Gasteiger partial charge in [-0.25, -0.2) is 4.99 Å². The van der Waals surface area contributed by atoms with Gasteiger partial charge in [0.1, 0.15) is 12.4 Å². The molecule has 238 valence electrons. The highest BCUT2D eigenvalue weighted by Gasteiger charge is 2.32. The molecular formula is C36H29Cl2N3O5S. The van der Waals surface area contributed by atoms with Gasteiger partial charge in [-0.2, -0.15) is 0 Å². The van der Waals surface area contributed by atoms with Crippen LogP contribution < -0.4 is 34.4 Å². The van der Waals surface area contributed by atoms with Crippen LogP contribution >= 0.6 is 34.5 Å². The summed E-state index contributed by atoms with van der Waals surface area (Å²) in [6.45, 7) is 2.00. The Hall–Kier alpha value is -4.83. The number of thiazole rings is 1. The normalized spacial score (nSPS) is 14.3. The quantitative estimate of drug-likeness (QED) is 0.185. The number of methoxy groups -OCH3 is 2. The lowest BCUT2D eigenvalue weighted by Crippen LogP contribution is -2.40. The Morgan fingerprint density at radius 1 is 0.957 bits per heavy atom. The Balaban J connectivity index is 1.37. The molecule has 1 N–H and O–H groups in total. The number of nitrogens with zero attached hydrogens (tertiary/aromatic N) is 2. The summed E-state index contributed by atoms with van der Waals surface area (Å²) in [6.07, 6.45) is 1.78. The third-order valence-corrected chi connectivity index (χ3v) is 9.18. The van der Waals surface area contributed by atoms with E-state index in [1.165, 1.54) is 11.3 Å². The van der Waals surface area contributed by atoms with E-state index < -0.39 is 6.04 Å². The predicted molar refractivity (Wildman–Crippen MR) is 186 cm³/mol. The van der Waals surface area contributed by atoms with E-state index in [-0.39, 0.29) is 18.1 Å². The van der Waals surface area contributed by atoms with Crippen LogP contribution in [0.3, 0.4) is 0 Å². The first-order valence-electron chi connectivity index (χ1n) is 14.5. The highest BCUT2D eigenvalue weighted by atomic mass is 35.5. The van der Waals surface area contributed by atoms with Crippen LogP contribution in [0.15, 0.2) is 112 Å². The standard InChI is InChI=1S/C36H29Cl2N3O5S/c1-21-32(34(42)40-26-7-5-4-6-8-26)33(23-11-14-27(44-2)15-12-23)41-35(43)31(47-36(41)39-21)18-22-9-16-29(30(17-22)45-3)46-20-24-10-13-25(37)19-28(24)38/h4-19,33H,20H2,1-3H3,(H,40,42)/b31-18+/t33-/m0/s1. The minimum absolute atomic E-state index is 0.217. The van der Waals surface area contributed by atoms with Crippen molar-refractivity contribution in [3.8, 4) is 17.2 Å². The molecule has 2 heterocycles. The number of halogens is 2. The van der Waals surface area contributed by atoms with Gasteiger partial charge in [0.2, 0.25) is 0 Å². The Bertz CT molecular complexity index is 2180. The molecule has 0 aliphatic carbocycles. The zero-order valence-electron chi connectivity index (χ0n) is 25.6. The van der Waals surface area contributed by atoms with Gasteiger partial charge in [-0.1, -0.05) is 77.0 Å². The van der Waals surface area contributed by atoms with Crippen molar-refractivity contribution in [3.05, 3.63) is 149 Å². The summed E-state index contributed by atoms with van der Waals surface area (Å²) in [4.78, 5) is 33.1. The molecule has 0 saturated carbocycles. The molecule has 0 unspecified atom stereocenters. The summed E-state index contributed by atoms with van der Waals surface area (Å²) in [5.74, 6) is 1.33. The lowest BCUT2D eigenvalue weighted by molar-refractivity contribution is -0.113. The Morgan fingerprint density at radius 2 is 1.72 bits per heavy atom. The smallest absolute Gasteiger partial charge is 0.271 e. The molecule has 4 aromatic carbocycles. The van der Waals surface area contributed by atoms with Gasteiger partial charge in [0.05, 0.1) is 36.1 Å².